The molecule has 0 atom stereocenters. The van der Waals surface area contributed by atoms with Crippen molar-refractivity contribution in [3.63, 3.8) is 0 Å². The van der Waals surface area contributed by atoms with Crippen molar-refractivity contribution in [2.24, 2.45) is 0 Å². The molecule has 0 fully saturated rings. The molecule has 1 N–H and O–H groups in total. The van der Waals surface area contributed by atoms with Gasteiger partial charge in [-0.25, -0.2) is 0 Å². The summed E-state index contributed by atoms with van der Waals surface area (Å²) in [6, 6.07) is 6.01. The van der Waals surface area contributed by atoms with Gasteiger partial charge in [0.15, 0.2) is 0 Å². The van der Waals surface area contributed by atoms with Crippen molar-refractivity contribution in [2.45, 2.75) is 11.4 Å². The maximum absolute atomic E-state index is 5.28. The van der Waals surface area contributed by atoms with Crippen LogP contribution in [0.5, 0.6) is 5.75 Å². The third kappa shape index (κ3) is 2.64. The van der Waals surface area contributed by atoms with E-state index in [9.17, 15) is 0 Å². The van der Waals surface area contributed by atoms with E-state index in [4.69, 9.17) is 9.57 Å². The summed E-state index contributed by atoms with van der Waals surface area (Å²) in [5, 5.41) is 0. The molecule has 0 saturated carbocycles. The van der Waals surface area contributed by atoms with Gasteiger partial charge in [-0.05, 0) is 18.4 Å². The van der Waals surface area contributed by atoms with Crippen LogP contribution >= 0.6 is 11.8 Å². The Morgan fingerprint density at radius 3 is 2.71 bits per heavy atom. The van der Waals surface area contributed by atoms with E-state index < -0.39 is 0 Å². The van der Waals surface area contributed by atoms with Crippen LogP contribution in [0.4, 0.5) is 0 Å². The van der Waals surface area contributed by atoms with Gasteiger partial charge in [-0.15, -0.1) is 11.8 Å². The average Bonchev–Trinajstić information content (AvgIpc) is 2.25. The quantitative estimate of drug-likeness (QED) is 0.599. The number of thioether (sulfide) groups is 1. The van der Waals surface area contributed by atoms with Gasteiger partial charge in [0.2, 0.25) is 0 Å². The Labute approximate surface area is 88.7 Å². The van der Waals surface area contributed by atoms with Crippen LogP contribution in [0.3, 0.4) is 0 Å². The predicted molar refractivity (Wildman–Crippen MR) is 58.6 cm³/mol. The van der Waals surface area contributed by atoms with Gasteiger partial charge in [-0.3, -0.25) is 0 Å². The first-order chi connectivity index (χ1) is 6.83. The van der Waals surface area contributed by atoms with E-state index in [-0.39, 0.29) is 0 Å². The molecule has 1 aromatic rings. The summed E-state index contributed by atoms with van der Waals surface area (Å²) in [7, 11) is 3.28. The van der Waals surface area contributed by atoms with E-state index >= 15 is 0 Å². The molecule has 0 aliphatic heterocycles. The van der Waals surface area contributed by atoms with Crippen molar-refractivity contribution in [3.8, 4) is 5.75 Å². The van der Waals surface area contributed by atoms with Gasteiger partial charge in [0.05, 0.1) is 20.8 Å². The summed E-state index contributed by atoms with van der Waals surface area (Å²) < 4.78 is 5.28. The highest BCUT2D eigenvalue weighted by Crippen LogP contribution is 2.28. The summed E-state index contributed by atoms with van der Waals surface area (Å²) in [6.45, 7) is 0.649. The van der Waals surface area contributed by atoms with Crippen LogP contribution in [-0.2, 0) is 11.4 Å². The highest BCUT2D eigenvalue weighted by molar-refractivity contribution is 7.98. The zero-order valence-electron chi connectivity index (χ0n) is 8.66. The topological polar surface area (TPSA) is 30.5 Å². The largest absolute Gasteiger partial charge is 0.496 e. The van der Waals surface area contributed by atoms with Gasteiger partial charge in [0, 0.05) is 10.5 Å². The van der Waals surface area contributed by atoms with E-state index in [1.54, 1.807) is 26.0 Å². The number of methoxy groups -OCH3 is 1. The molecule has 4 heteroatoms. The first-order valence-corrected chi connectivity index (χ1v) is 5.51. The zero-order chi connectivity index (χ0) is 10.4. The predicted octanol–water partition coefficient (Wildman–Crippen LogP) is 2.07. The van der Waals surface area contributed by atoms with Crippen LogP contribution in [0.25, 0.3) is 0 Å². The minimum atomic E-state index is 0.649. The Bertz CT molecular complexity index is 269. The molecule has 0 aliphatic carbocycles. The Hall–Kier alpha value is -0.710. The number of ether oxygens (including phenoxy) is 1. The standard InChI is InChI=1S/C10H15NO2S/c1-12-9-5-4-6-10(14-3)8(9)7-11-13-2/h4-6,11H,7H2,1-3H3. The van der Waals surface area contributed by atoms with Gasteiger partial charge < -0.3 is 9.57 Å². The molecule has 1 aromatic carbocycles. The SMILES string of the molecule is CONCc1c(OC)cccc1SC. The molecule has 0 spiro atoms. The van der Waals surface area contributed by atoms with E-state index in [1.807, 2.05) is 18.4 Å². The molecule has 0 aliphatic rings. The number of benzene rings is 1. The van der Waals surface area contributed by atoms with Crippen molar-refractivity contribution >= 4 is 11.8 Å². The molecule has 0 saturated heterocycles. The minimum Gasteiger partial charge on any atom is -0.496 e. The molecule has 0 unspecified atom stereocenters. The second kappa shape index (κ2) is 5.90. The fourth-order valence-corrected chi connectivity index (χ4v) is 1.88. The fourth-order valence-electron chi connectivity index (χ4n) is 1.25. The van der Waals surface area contributed by atoms with Gasteiger partial charge in [0.1, 0.15) is 5.75 Å². The lowest BCUT2D eigenvalue weighted by Gasteiger charge is -2.12. The van der Waals surface area contributed by atoms with Crippen molar-refractivity contribution in [1.82, 2.24) is 5.48 Å². The lowest BCUT2D eigenvalue weighted by Crippen LogP contribution is -2.12. The third-order valence-corrected chi connectivity index (χ3v) is 2.75. The van der Waals surface area contributed by atoms with Gasteiger partial charge >= 0.3 is 0 Å². The molecule has 0 bridgehead atoms. The summed E-state index contributed by atoms with van der Waals surface area (Å²) in [5.74, 6) is 0.890. The smallest absolute Gasteiger partial charge is 0.124 e. The van der Waals surface area contributed by atoms with Crippen molar-refractivity contribution in [1.29, 1.82) is 0 Å². The van der Waals surface area contributed by atoms with Crippen molar-refractivity contribution in [3.05, 3.63) is 23.8 Å². The fraction of sp³-hybridized carbons (Fsp3) is 0.400. The highest BCUT2D eigenvalue weighted by Gasteiger charge is 2.07. The van der Waals surface area contributed by atoms with Crippen molar-refractivity contribution in [2.75, 3.05) is 20.5 Å². The summed E-state index contributed by atoms with van der Waals surface area (Å²) >= 11 is 1.70. The van der Waals surface area contributed by atoms with E-state index in [0.717, 1.165) is 11.3 Å². The molecule has 78 valence electrons. The Balaban J connectivity index is 2.93. The van der Waals surface area contributed by atoms with E-state index in [1.165, 1.54) is 4.90 Å². The molecule has 0 amide bonds. The van der Waals surface area contributed by atoms with Crippen molar-refractivity contribution < 1.29 is 9.57 Å². The first kappa shape index (κ1) is 11.4. The molecule has 0 heterocycles. The molecule has 0 aromatic heterocycles. The Morgan fingerprint density at radius 2 is 2.14 bits per heavy atom. The molecular formula is C10H15NO2S. The first-order valence-electron chi connectivity index (χ1n) is 4.29. The molecule has 1 rings (SSSR count). The highest BCUT2D eigenvalue weighted by atomic mass is 32.2. The van der Waals surface area contributed by atoms with Crippen LogP contribution in [-0.4, -0.2) is 20.5 Å². The summed E-state index contributed by atoms with van der Waals surface area (Å²) in [4.78, 5) is 6.03. The van der Waals surface area contributed by atoms with Crippen LogP contribution < -0.4 is 10.2 Å². The number of hydrogen-bond acceptors (Lipinski definition) is 4. The summed E-state index contributed by atoms with van der Waals surface area (Å²) in [6.07, 6.45) is 2.05. The average molecular weight is 213 g/mol. The Morgan fingerprint density at radius 1 is 1.36 bits per heavy atom. The van der Waals surface area contributed by atoms with Crippen LogP contribution in [0, 0.1) is 0 Å². The number of hydroxylamine groups is 1. The molecular weight excluding hydrogens is 198 g/mol. The number of nitrogens with one attached hydrogen (secondary N) is 1. The van der Waals surface area contributed by atoms with Gasteiger partial charge in [-0.2, -0.15) is 5.48 Å². The maximum Gasteiger partial charge on any atom is 0.124 e. The second-order valence-corrected chi connectivity index (χ2v) is 3.51. The lowest BCUT2D eigenvalue weighted by molar-refractivity contribution is 0.0856. The lowest BCUT2D eigenvalue weighted by atomic mass is 10.2. The van der Waals surface area contributed by atoms with Crippen LogP contribution in [0.1, 0.15) is 5.56 Å². The second-order valence-electron chi connectivity index (χ2n) is 2.67. The van der Waals surface area contributed by atoms with Gasteiger partial charge in [-0.1, -0.05) is 6.07 Å². The normalized spacial score (nSPS) is 10.2. The molecule has 0 radical (unpaired) electrons. The molecule has 14 heavy (non-hydrogen) atoms. The van der Waals surface area contributed by atoms with Crippen LogP contribution in [0.2, 0.25) is 0 Å². The van der Waals surface area contributed by atoms with Gasteiger partial charge in [0.25, 0.3) is 0 Å². The minimum absolute atomic E-state index is 0.649. The van der Waals surface area contributed by atoms with E-state index in [2.05, 4.69) is 11.5 Å². The molecule has 3 nitrogen and oxygen atoms in total. The monoisotopic (exact) mass is 213 g/mol. The van der Waals surface area contributed by atoms with Crippen LogP contribution in [0.15, 0.2) is 23.1 Å². The summed E-state index contributed by atoms with van der Waals surface area (Å²) in [5.41, 5.74) is 3.95. The third-order valence-electron chi connectivity index (χ3n) is 1.92. The van der Waals surface area contributed by atoms with E-state index in [0.29, 0.717) is 6.54 Å². The zero-order valence-corrected chi connectivity index (χ0v) is 9.48. The number of hydrogen-bond donors (Lipinski definition) is 1. The number of rotatable bonds is 5. The maximum atomic E-state index is 5.28. The Kier molecular flexibility index (Phi) is 4.79.